The van der Waals surface area contributed by atoms with Crippen LogP contribution in [0.3, 0.4) is 0 Å². The van der Waals surface area contributed by atoms with Gasteiger partial charge in [0.05, 0.1) is 22.1 Å². The Morgan fingerprint density at radius 2 is 0.750 bits per heavy atom. The van der Waals surface area contributed by atoms with Crippen molar-refractivity contribution in [1.82, 2.24) is 9.13 Å². The summed E-state index contributed by atoms with van der Waals surface area (Å²) in [5.74, 6) is 0.195. The fourth-order valence-corrected chi connectivity index (χ4v) is 16.0. The van der Waals surface area contributed by atoms with Crippen LogP contribution in [0.25, 0.3) is 66.1 Å². The van der Waals surface area contributed by atoms with Crippen molar-refractivity contribution < 1.29 is 0 Å². The van der Waals surface area contributed by atoms with Gasteiger partial charge >= 0.3 is 0 Å². The van der Waals surface area contributed by atoms with E-state index in [2.05, 4.69) is 258 Å². The fourth-order valence-electron chi connectivity index (χ4n) is 11.2. The summed E-state index contributed by atoms with van der Waals surface area (Å²) in [7, 11) is -2.92. The van der Waals surface area contributed by atoms with Gasteiger partial charge in [-0.3, -0.25) is 0 Å². The van der Waals surface area contributed by atoms with E-state index in [1.807, 2.05) is 0 Å². The van der Waals surface area contributed by atoms with Gasteiger partial charge in [-0.05, 0) is 103 Å². The number of hydrogen-bond acceptors (Lipinski definition) is 0. The van der Waals surface area contributed by atoms with Gasteiger partial charge in [-0.2, -0.15) is 0 Å². The largest absolute Gasteiger partial charge is 0.309 e. The molecule has 12 aromatic rings. The number of rotatable bonds is 7. The molecule has 1 unspecified atom stereocenters. The van der Waals surface area contributed by atoms with Gasteiger partial charge in [-0.1, -0.05) is 194 Å². The summed E-state index contributed by atoms with van der Waals surface area (Å²) < 4.78 is 4.94. The SMILES string of the molecule is c1ccc(C2c3ccccc3-c3cc4c(cc32)c2ccccc2n4-c2ccc([Si](c3ccccc3)(c3ccccc3)c3ccc4c5ccccc5n(-c5ccccc5)c4c3)cc2)cc1. The summed E-state index contributed by atoms with van der Waals surface area (Å²) in [6.45, 7) is 0. The van der Waals surface area contributed by atoms with Gasteiger partial charge in [0.15, 0.2) is 8.07 Å². The Hall–Kier alpha value is -7.98. The van der Waals surface area contributed by atoms with Crippen LogP contribution in [0.2, 0.25) is 0 Å². The maximum atomic E-state index is 2.51. The van der Waals surface area contributed by atoms with Crippen molar-refractivity contribution in [1.29, 1.82) is 0 Å². The average molecular weight is 831 g/mol. The predicted molar refractivity (Wildman–Crippen MR) is 272 cm³/mol. The summed E-state index contributed by atoms with van der Waals surface area (Å²) in [5, 5.41) is 10.5. The Bertz CT molecular complexity index is 3660. The molecule has 0 saturated carbocycles. The summed E-state index contributed by atoms with van der Waals surface area (Å²) >= 11 is 0. The van der Waals surface area contributed by atoms with Crippen LogP contribution in [-0.2, 0) is 0 Å². The highest BCUT2D eigenvalue weighted by atomic mass is 28.3. The molecule has 0 amide bonds. The van der Waals surface area contributed by atoms with E-state index in [1.165, 1.54) is 92.2 Å². The van der Waals surface area contributed by atoms with Gasteiger partial charge in [0.25, 0.3) is 0 Å². The molecule has 0 saturated heterocycles. The molecular weight excluding hydrogens is 789 g/mol. The summed E-state index contributed by atoms with van der Waals surface area (Å²) in [5.41, 5.74) is 13.9. The van der Waals surface area contributed by atoms with Crippen LogP contribution in [-0.4, -0.2) is 17.2 Å². The van der Waals surface area contributed by atoms with Crippen LogP contribution in [0, 0.1) is 0 Å². The molecule has 0 N–H and O–H groups in total. The molecule has 0 aliphatic heterocycles. The van der Waals surface area contributed by atoms with E-state index in [0.29, 0.717) is 0 Å². The summed E-state index contributed by atoms with van der Waals surface area (Å²) in [6.07, 6.45) is 0. The Kier molecular flexibility index (Phi) is 8.34. The Morgan fingerprint density at radius 3 is 1.41 bits per heavy atom. The monoisotopic (exact) mass is 830 g/mol. The van der Waals surface area contributed by atoms with Gasteiger partial charge in [0, 0.05) is 38.8 Å². The number of hydrogen-bond donors (Lipinski definition) is 0. The Balaban J connectivity index is 1.04. The van der Waals surface area contributed by atoms with Gasteiger partial charge in [0.1, 0.15) is 0 Å². The molecule has 1 aliphatic rings. The van der Waals surface area contributed by atoms with Crippen molar-refractivity contribution in [2.45, 2.75) is 5.92 Å². The lowest BCUT2D eigenvalue weighted by Crippen LogP contribution is -2.74. The van der Waals surface area contributed by atoms with Crippen LogP contribution >= 0.6 is 0 Å². The van der Waals surface area contributed by atoms with Crippen molar-refractivity contribution in [3.8, 4) is 22.5 Å². The molecule has 1 aliphatic carbocycles. The second kappa shape index (κ2) is 14.6. The smallest absolute Gasteiger partial charge is 0.179 e. The molecule has 0 spiro atoms. The quantitative estimate of drug-likeness (QED) is 0.112. The minimum absolute atomic E-state index is 0.195. The minimum Gasteiger partial charge on any atom is -0.309 e. The third kappa shape index (κ3) is 5.38. The lowest BCUT2D eigenvalue weighted by molar-refractivity contribution is 1.02. The molecule has 0 radical (unpaired) electrons. The van der Waals surface area contributed by atoms with Crippen LogP contribution in [0.4, 0.5) is 0 Å². The lowest BCUT2D eigenvalue weighted by atomic mass is 9.89. The van der Waals surface area contributed by atoms with Gasteiger partial charge in [-0.25, -0.2) is 0 Å². The van der Waals surface area contributed by atoms with E-state index < -0.39 is 8.07 Å². The third-order valence-electron chi connectivity index (χ3n) is 13.9. The molecule has 3 heteroatoms. The standard InChI is InChI=1S/C61H42N2Si/c1-5-19-42(20-6-1)61-53-30-14-13-27-49(53)54-41-60-55(40-56(54)61)51-29-16-18-32-58(51)63(60)44-33-35-47(36-34-44)64(45-23-9-3-10-24-45,46-25-11-4-12-26-46)48-37-38-52-50-28-15-17-31-57(50)62(59(52)39-48)43-21-7-2-8-22-43/h1-41,61H. The maximum absolute atomic E-state index is 2.92. The second-order valence-corrected chi connectivity index (χ2v) is 21.0. The van der Waals surface area contributed by atoms with Crippen molar-refractivity contribution in [3.05, 3.63) is 265 Å². The topological polar surface area (TPSA) is 9.86 Å². The zero-order valence-corrected chi connectivity index (χ0v) is 36.1. The summed E-state index contributed by atoms with van der Waals surface area (Å²) in [4.78, 5) is 0. The second-order valence-electron chi connectivity index (χ2n) is 17.2. The van der Waals surface area contributed by atoms with Gasteiger partial charge in [-0.15, -0.1) is 0 Å². The molecular formula is C61H42N2Si. The molecule has 1 atom stereocenters. The lowest BCUT2D eigenvalue weighted by Gasteiger charge is -2.34. The third-order valence-corrected chi connectivity index (χ3v) is 18.7. The Morgan fingerprint density at radius 1 is 0.281 bits per heavy atom. The number of nitrogens with zero attached hydrogens (tertiary/aromatic N) is 2. The predicted octanol–water partition coefficient (Wildman–Crippen LogP) is 12.4. The molecule has 2 aromatic heterocycles. The van der Waals surface area contributed by atoms with Crippen LogP contribution < -0.4 is 20.7 Å². The molecule has 0 fully saturated rings. The maximum Gasteiger partial charge on any atom is 0.179 e. The first-order valence-electron chi connectivity index (χ1n) is 22.3. The van der Waals surface area contributed by atoms with Crippen molar-refractivity contribution in [2.75, 3.05) is 0 Å². The highest BCUT2D eigenvalue weighted by Crippen LogP contribution is 2.50. The number of fused-ring (bicyclic) bond motifs is 9. The molecule has 2 heterocycles. The first-order valence-corrected chi connectivity index (χ1v) is 24.3. The van der Waals surface area contributed by atoms with E-state index in [4.69, 9.17) is 0 Å². The van der Waals surface area contributed by atoms with E-state index in [0.717, 1.165) is 11.4 Å². The van der Waals surface area contributed by atoms with Gasteiger partial charge in [0.2, 0.25) is 0 Å². The average Bonchev–Trinajstić information content (AvgIpc) is 4.00. The van der Waals surface area contributed by atoms with Crippen molar-refractivity contribution in [3.63, 3.8) is 0 Å². The zero-order chi connectivity index (χ0) is 42.2. The van der Waals surface area contributed by atoms with Crippen molar-refractivity contribution >= 4 is 72.4 Å². The van der Waals surface area contributed by atoms with Crippen molar-refractivity contribution in [2.24, 2.45) is 0 Å². The van der Waals surface area contributed by atoms with Gasteiger partial charge < -0.3 is 9.13 Å². The Labute approximate surface area is 373 Å². The first-order chi connectivity index (χ1) is 31.8. The minimum atomic E-state index is -2.92. The van der Waals surface area contributed by atoms with E-state index in [-0.39, 0.29) is 5.92 Å². The highest BCUT2D eigenvalue weighted by molar-refractivity contribution is 7.20. The number of para-hydroxylation sites is 3. The van der Waals surface area contributed by atoms with Crippen LogP contribution in [0.15, 0.2) is 249 Å². The van der Waals surface area contributed by atoms with Crippen LogP contribution in [0.1, 0.15) is 22.6 Å². The zero-order valence-electron chi connectivity index (χ0n) is 35.1. The molecule has 13 rings (SSSR count). The fraction of sp³-hybridized carbons (Fsp3) is 0.0164. The highest BCUT2D eigenvalue weighted by Gasteiger charge is 2.42. The molecule has 10 aromatic carbocycles. The first kappa shape index (κ1) is 36.7. The molecule has 2 nitrogen and oxygen atoms in total. The van der Waals surface area contributed by atoms with Crippen LogP contribution in [0.5, 0.6) is 0 Å². The molecule has 64 heavy (non-hydrogen) atoms. The number of aromatic nitrogens is 2. The van der Waals surface area contributed by atoms with E-state index in [1.54, 1.807) is 0 Å². The molecule has 300 valence electrons. The van der Waals surface area contributed by atoms with E-state index in [9.17, 15) is 0 Å². The number of benzene rings is 10. The van der Waals surface area contributed by atoms with E-state index >= 15 is 0 Å². The normalized spacial score (nSPS) is 13.5. The summed E-state index contributed by atoms with van der Waals surface area (Å²) in [6, 6.07) is 93.1. The molecule has 0 bridgehead atoms.